The summed E-state index contributed by atoms with van der Waals surface area (Å²) in [4.78, 5) is 26.7. The van der Waals surface area contributed by atoms with E-state index in [2.05, 4.69) is 10.5 Å². The molecule has 3 aliphatic rings. The van der Waals surface area contributed by atoms with Crippen LogP contribution in [0, 0.1) is 11.8 Å². The number of fused-ring (bicyclic) bond motifs is 1. The molecule has 1 N–H and O–H groups in total. The van der Waals surface area contributed by atoms with E-state index in [9.17, 15) is 9.59 Å². The lowest BCUT2D eigenvalue weighted by Gasteiger charge is -2.29. The summed E-state index contributed by atoms with van der Waals surface area (Å²) in [5.41, 5.74) is -0.295. The number of carbonyl (C=O) groups excluding carboxylic acids is 2. The van der Waals surface area contributed by atoms with Crippen LogP contribution in [0.2, 0.25) is 0 Å². The monoisotopic (exact) mass is 397 g/mol. The summed E-state index contributed by atoms with van der Waals surface area (Å²) in [7, 11) is 0. The van der Waals surface area contributed by atoms with E-state index in [0.29, 0.717) is 25.4 Å². The predicted molar refractivity (Wildman–Crippen MR) is 101 cm³/mol. The first-order valence-corrected chi connectivity index (χ1v) is 9.97. The number of nitrogens with one attached hydrogen (secondary N) is 1. The number of hydrogen-bond donors (Lipinski definition) is 1. The number of likely N-dealkylation sites (tertiary alicyclic amines) is 1. The van der Waals surface area contributed by atoms with Crippen LogP contribution in [0.15, 0.2) is 47.1 Å². The Bertz CT molecular complexity index is 887. The molecule has 152 valence electrons. The second-order valence-corrected chi connectivity index (χ2v) is 8.00. The second-order valence-electron chi connectivity index (χ2n) is 8.00. The Morgan fingerprint density at radius 3 is 2.93 bits per heavy atom. The van der Waals surface area contributed by atoms with Gasteiger partial charge in [0.05, 0.1) is 24.4 Å². The maximum absolute atomic E-state index is 12.7. The van der Waals surface area contributed by atoms with Crippen molar-refractivity contribution in [1.29, 1.82) is 0 Å². The molecule has 3 saturated heterocycles. The van der Waals surface area contributed by atoms with Crippen LogP contribution in [-0.2, 0) is 9.53 Å². The first kappa shape index (κ1) is 18.2. The van der Waals surface area contributed by atoms with Gasteiger partial charge in [0.2, 0.25) is 5.76 Å². The van der Waals surface area contributed by atoms with E-state index >= 15 is 0 Å². The molecule has 0 aliphatic carbocycles. The highest BCUT2D eigenvalue weighted by molar-refractivity contribution is 5.91. The van der Waals surface area contributed by atoms with Gasteiger partial charge in [-0.05, 0) is 25.0 Å². The molecular formula is C21H23N3O5. The van der Waals surface area contributed by atoms with Crippen LogP contribution in [0.4, 0.5) is 0 Å². The third kappa shape index (κ3) is 3.27. The molecule has 29 heavy (non-hydrogen) atoms. The highest BCUT2D eigenvalue weighted by Crippen LogP contribution is 2.54. The lowest BCUT2D eigenvalue weighted by Crippen LogP contribution is -2.42. The van der Waals surface area contributed by atoms with E-state index in [1.807, 2.05) is 30.3 Å². The third-order valence-corrected chi connectivity index (χ3v) is 6.37. The van der Waals surface area contributed by atoms with Crippen LogP contribution in [0.5, 0.6) is 5.75 Å². The molecule has 4 heterocycles. The van der Waals surface area contributed by atoms with Crippen LogP contribution < -0.4 is 10.1 Å². The molecule has 8 heteroatoms. The van der Waals surface area contributed by atoms with Gasteiger partial charge in [-0.3, -0.25) is 9.59 Å². The van der Waals surface area contributed by atoms with E-state index in [1.165, 1.54) is 6.20 Å². The van der Waals surface area contributed by atoms with Gasteiger partial charge < -0.3 is 24.2 Å². The Morgan fingerprint density at radius 1 is 1.28 bits per heavy atom. The SMILES string of the molecule is O=C(COc1ccccc1)NC[C@H]1[C@H]2CN(C(=O)c3ccno3)C[C@]23CC[C@H]1O3. The molecule has 0 radical (unpaired) electrons. The van der Waals surface area contributed by atoms with E-state index in [0.717, 1.165) is 12.8 Å². The number of amides is 2. The van der Waals surface area contributed by atoms with Gasteiger partial charge in [-0.25, -0.2) is 0 Å². The highest BCUT2D eigenvalue weighted by Gasteiger charge is 2.63. The van der Waals surface area contributed by atoms with Gasteiger partial charge in [-0.1, -0.05) is 23.4 Å². The fourth-order valence-corrected chi connectivity index (χ4v) is 5.05. The van der Waals surface area contributed by atoms with E-state index < -0.39 is 0 Å². The molecular weight excluding hydrogens is 374 g/mol. The molecule has 1 spiro atoms. The summed E-state index contributed by atoms with van der Waals surface area (Å²) in [6, 6.07) is 10.8. The fraction of sp³-hybridized carbons (Fsp3) is 0.476. The topological polar surface area (TPSA) is 93.9 Å². The quantitative estimate of drug-likeness (QED) is 0.794. The third-order valence-electron chi connectivity index (χ3n) is 6.37. The first-order chi connectivity index (χ1) is 14.1. The lowest BCUT2D eigenvalue weighted by molar-refractivity contribution is -0.123. The summed E-state index contributed by atoms with van der Waals surface area (Å²) in [5.74, 6) is 1.01. The number of para-hydroxylation sites is 1. The normalized spacial score (nSPS) is 29.7. The van der Waals surface area contributed by atoms with Crippen molar-refractivity contribution in [3.63, 3.8) is 0 Å². The number of nitrogens with zero attached hydrogens (tertiary/aromatic N) is 2. The minimum atomic E-state index is -0.295. The van der Waals surface area contributed by atoms with Gasteiger partial charge in [0, 0.05) is 31.0 Å². The first-order valence-electron chi connectivity index (χ1n) is 9.97. The Morgan fingerprint density at radius 2 is 2.14 bits per heavy atom. The van der Waals surface area contributed by atoms with Crippen molar-refractivity contribution in [2.24, 2.45) is 11.8 Å². The Labute approximate surface area is 168 Å². The number of ether oxygens (including phenoxy) is 2. The lowest BCUT2D eigenvalue weighted by atomic mass is 9.73. The van der Waals surface area contributed by atoms with Crippen molar-refractivity contribution in [3.05, 3.63) is 48.4 Å². The van der Waals surface area contributed by atoms with E-state index in [-0.39, 0.29) is 47.7 Å². The Hall–Kier alpha value is -2.87. The van der Waals surface area contributed by atoms with Crippen molar-refractivity contribution in [2.75, 3.05) is 26.2 Å². The van der Waals surface area contributed by atoms with Crippen molar-refractivity contribution >= 4 is 11.8 Å². The van der Waals surface area contributed by atoms with Crippen molar-refractivity contribution < 1.29 is 23.6 Å². The molecule has 1 aromatic carbocycles. The second kappa shape index (κ2) is 7.18. The van der Waals surface area contributed by atoms with Crippen molar-refractivity contribution in [1.82, 2.24) is 15.4 Å². The van der Waals surface area contributed by atoms with Crippen LogP contribution in [-0.4, -0.2) is 59.8 Å². The molecule has 0 saturated carbocycles. The zero-order chi connectivity index (χ0) is 19.8. The zero-order valence-corrected chi connectivity index (χ0v) is 16.0. The van der Waals surface area contributed by atoms with Crippen LogP contribution >= 0.6 is 0 Å². The van der Waals surface area contributed by atoms with Gasteiger partial charge in [-0.2, -0.15) is 0 Å². The van der Waals surface area contributed by atoms with Crippen LogP contribution in [0.3, 0.4) is 0 Å². The van der Waals surface area contributed by atoms with Gasteiger partial charge in [0.15, 0.2) is 6.61 Å². The Balaban J connectivity index is 1.18. The number of benzene rings is 1. The van der Waals surface area contributed by atoms with Crippen molar-refractivity contribution in [3.8, 4) is 5.75 Å². The average molecular weight is 397 g/mol. The van der Waals surface area contributed by atoms with Gasteiger partial charge in [-0.15, -0.1) is 0 Å². The van der Waals surface area contributed by atoms with Crippen LogP contribution in [0.25, 0.3) is 0 Å². The van der Waals surface area contributed by atoms with Gasteiger partial charge >= 0.3 is 0 Å². The van der Waals surface area contributed by atoms with Crippen molar-refractivity contribution in [2.45, 2.75) is 24.5 Å². The van der Waals surface area contributed by atoms with Crippen LogP contribution in [0.1, 0.15) is 23.4 Å². The highest BCUT2D eigenvalue weighted by atomic mass is 16.5. The average Bonchev–Trinajstić information content (AvgIpc) is 3.52. The predicted octanol–water partition coefficient (Wildman–Crippen LogP) is 1.49. The summed E-state index contributed by atoms with van der Waals surface area (Å²) in [6.07, 6.45) is 3.52. The summed E-state index contributed by atoms with van der Waals surface area (Å²) < 4.78 is 16.9. The molecule has 1 aromatic heterocycles. The molecule has 2 bridgehead atoms. The number of carbonyl (C=O) groups is 2. The zero-order valence-electron chi connectivity index (χ0n) is 16.0. The molecule has 3 aliphatic heterocycles. The number of hydrogen-bond acceptors (Lipinski definition) is 6. The summed E-state index contributed by atoms with van der Waals surface area (Å²) >= 11 is 0. The summed E-state index contributed by atoms with van der Waals surface area (Å²) in [6.45, 7) is 1.68. The Kier molecular flexibility index (Phi) is 4.50. The molecule has 8 nitrogen and oxygen atoms in total. The number of aromatic nitrogens is 1. The van der Waals surface area contributed by atoms with Gasteiger partial charge in [0.1, 0.15) is 5.75 Å². The smallest absolute Gasteiger partial charge is 0.292 e. The van der Waals surface area contributed by atoms with E-state index in [1.54, 1.807) is 11.0 Å². The maximum Gasteiger partial charge on any atom is 0.292 e. The fourth-order valence-electron chi connectivity index (χ4n) is 5.05. The minimum absolute atomic E-state index is 0.0197. The molecule has 2 aromatic rings. The molecule has 0 unspecified atom stereocenters. The molecule has 4 atom stereocenters. The molecule has 2 amide bonds. The molecule has 5 rings (SSSR count). The summed E-state index contributed by atoms with van der Waals surface area (Å²) in [5, 5.41) is 6.61. The maximum atomic E-state index is 12.7. The van der Waals surface area contributed by atoms with Gasteiger partial charge in [0.25, 0.3) is 11.8 Å². The standard InChI is InChI=1S/C21H23N3O5/c25-19(12-27-14-4-2-1-3-5-14)22-10-15-16-11-24(20(26)18-7-9-23-29-18)13-21(16)8-6-17(15)28-21/h1-5,7,9,15-17H,6,8,10-13H2,(H,22,25)/t15-,16+,17+,21+/m0/s1. The van der Waals surface area contributed by atoms with E-state index in [4.69, 9.17) is 14.0 Å². The number of rotatable bonds is 6. The molecule has 3 fully saturated rings. The minimum Gasteiger partial charge on any atom is -0.484 e. The largest absolute Gasteiger partial charge is 0.484 e.